The number of aromatic nitrogens is 1. The van der Waals surface area contributed by atoms with E-state index < -0.39 is 0 Å². The summed E-state index contributed by atoms with van der Waals surface area (Å²) in [7, 11) is 1.60. The lowest BCUT2D eigenvalue weighted by Gasteiger charge is -2.34. The molecule has 0 N–H and O–H groups in total. The first kappa shape index (κ1) is 19.5. The minimum absolute atomic E-state index is 0.0305. The summed E-state index contributed by atoms with van der Waals surface area (Å²) >= 11 is 0. The second-order valence-electron chi connectivity index (χ2n) is 7.11. The Morgan fingerprint density at radius 2 is 1.90 bits per heavy atom. The van der Waals surface area contributed by atoms with Crippen LogP contribution in [0, 0.1) is 18.3 Å². The monoisotopic (exact) mass is 402 g/mol. The number of nitrogens with zero attached hydrogens (tertiary/aromatic N) is 4. The Balaban J connectivity index is 1.51. The number of nitriles is 1. The van der Waals surface area contributed by atoms with Gasteiger partial charge in [0.2, 0.25) is 17.5 Å². The van der Waals surface area contributed by atoms with Gasteiger partial charge in [-0.1, -0.05) is 24.3 Å². The molecule has 1 amide bonds. The summed E-state index contributed by atoms with van der Waals surface area (Å²) in [5.74, 6) is 1.54. The number of aryl methyl sites for hydroxylation is 1. The number of hydrogen-bond donors (Lipinski definition) is 0. The smallest absolute Gasteiger partial charge is 0.254 e. The molecule has 0 spiro atoms. The Bertz CT molecular complexity index is 1110. The Hall–Kier alpha value is -3.79. The zero-order valence-corrected chi connectivity index (χ0v) is 17.0. The zero-order valence-electron chi connectivity index (χ0n) is 17.0. The van der Waals surface area contributed by atoms with Gasteiger partial charge in [0.25, 0.3) is 5.91 Å². The van der Waals surface area contributed by atoms with E-state index in [4.69, 9.17) is 9.15 Å². The molecule has 0 saturated carbocycles. The molecule has 0 atom stereocenters. The summed E-state index contributed by atoms with van der Waals surface area (Å²) in [4.78, 5) is 21.0. The lowest BCUT2D eigenvalue weighted by molar-refractivity contribution is 0.0744. The maximum absolute atomic E-state index is 12.8. The van der Waals surface area contributed by atoms with Gasteiger partial charge in [0.05, 0.1) is 7.11 Å². The first-order chi connectivity index (χ1) is 14.6. The van der Waals surface area contributed by atoms with Crippen LogP contribution in [0.4, 0.5) is 5.88 Å². The van der Waals surface area contributed by atoms with Crippen LogP contribution in [-0.4, -0.2) is 49.1 Å². The maximum atomic E-state index is 12.8. The Labute approximate surface area is 175 Å². The van der Waals surface area contributed by atoms with E-state index in [1.807, 2.05) is 65.3 Å². The fourth-order valence-electron chi connectivity index (χ4n) is 3.57. The molecule has 1 saturated heterocycles. The average molecular weight is 402 g/mol. The van der Waals surface area contributed by atoms with Gasteiger partial charge >= 0.3 is 0 Å². The highest BCUT2D eigenvalue weighted by atomic mass is 16.5. The van der Waals surface area contributed by atoms with Crippen molar-refractivity contribution in [2.45, 2.75) is 6.92 Å². The van der Waals surface area contributed by atoms with E-state index in [1.54, 1.807) is 7.11 Å². The van der Waals surface area contributed by atoms with Crippen molar-refractivity contribution in [1.82, 2.24) is 9.88 Å². The van der Waals surface area contributed by atoms with Gasteiger partial charge in [-0.15, -0.1) is 0 Å². The molecule has 2 aromatic carbocycles. The SMILES string of the molecule is COc1cccc(-c2nc(C#N)c(N3CCN(C(=O)c4ccccc4C)CC3)o2)c1. The van der Waals surface area contributed by atoms with Crippen LogP contribution >= 0.6 is 0 Å². The first-order valence-corrected chi connectivity index (χ1v) is 9.76. The zero-order chi connectivity index (χ0) is 21.1. The predicted molar refractivity (Wildman–Crippen MR) is 113 cm³/mol. The van der Waals surface area contributed by atoms with Gasteiger partial charge in [-0.2, -0.15) is 10.2 Å². The maximum Gasteiger partial charge on any atom is 0.254 e. The molecular weight excluding hydrogens is 380 g/mol. The number of anilines is 1. The Morgan fingerprint density at radius 3 is 2.60 bits per heavy atom. The molecule has 1 aliphatic rings. The molecular formula is C23H22N4O3. The van der Waals surface area contributed by atoms with Crippen molar-refractivity contribution in [3.63, 3.8) is 0 Å². The third kappa shape index (κ3) is 3.72. The van der Waals surface area contributed by atoms with Crippen molar-refractivity contribution in [3.05, 3.63) is 65.4 Å². The van der Waals surface area contributed by atoms with Crippen LogP contribution < -0.4 is 9.64 Å². The standard InChI is InChI=1S/C23H22N4O3/c1-16-6-3-4-9-19(16)22(28)26-10-12-27(13-11-26)23-20(15-24)25-21(30-23)17-7-5-8-18(14-17)29-2/h3-9,14H,10-13H2,1-2H3. The number of piperazine rings is 1. The summed E-state index contributed by atoms with van der Waals surface area (Å²) in [5.41, 5.74) is 2.68. The Kier molecular flexibility index (Phi) is 5.40. The van der Waals surface area contributed by atoms with E-state index in [9.17, 15) is 10.1 Å². The normalized spacial score (nSPS) is 13.8. The van der Waals surface area contributed by atoms with Crippen LogP contribution in [0.2, 0.25) is 0 Å². The summed E-state index contributed by atoms with van der Waals surface area (Å²) in [5, 5.41) is 9.54. The number of carbonyl (C=O) groups is 1. The Morgan fingerprint density at radius 1 is 1.13 bits per heavy atom. The molecule has 1 aromatic heterocycles. The third-order valence-electron chi connectivity index (χ3n) is 5.26. The molecule has 0 aliphatic carbocycles. The van der Waals surface area contributed by atoms with E-state index in [2.05, 4.69) is 11.1 Å². The van der Waals surface area contributed by atoms with Crippen LogP contribution in [0.3, 0.4) is 0 Å². The molecule has 152 valence electrons. The summed E-state index contributed by atoms with van der Waals surface area (Å²) in [6, 6.07) is 17.1. The molecule has 0 bridgehead atoms. The van der Waals surface area contributed by atoms with E-state index in [0.717, 1.165) is 16.7 Å². The molecule has 1 fully saturated rings. The number of oxazole rings is 1. The first-order valence-electron chi connectivity index (χ1n) is 9.76. The minimum atomic E-state index is 0.0305. The molecule has 2 heterocycles. The van der Waals surface area contributed by atoms with Crippen molar-refractivity contribution >= 4 is 11.8 Å². The van der Waals surface area contributed by atoms with Gasteiger partial charge < -0.3 is 19.0 Å². The number of benzene rings is 2. The number of methoxy groups -OCH3 is 1. The molecule has 3 aromatic rings. The molecule has 30 heavy (non-hydrogen) atoms. The highest BCUT2D eigenvalue weighted by Gasteiger charge is 2.27. The van der Waals surface area contributed by atoms with E-state index in [0.29, 0.717) is 43.7 Å². The van der Waals surface area contributed by atoms with Gasteiger partial charge in [-0.25, -0.2) is 0 Å². The highest BCUT2D eigenvalue weighted by Crippen LogP contribution is 2.30. The van der Waals surface area contributed by atoms with Gasteiger partial charge in [0.15, 0.2) is 0 Å². The fraction of sp³-hybridized carbons (Fsp3) is 0.261. The van der Waals surface area contributed by atoms with Crippen molar-refractivity contribution in [2.75, 3.05) is 38.2 Å². The second-order valence-corrected chi connectivity index (χ2v) is 7.11. The number of rotatable bonds is 4. The van der Waals surface area contributed by atoms with Gasteiger partial charge in [0.1, 0.15) is 11.8 Å². The number of amides is 1. The van der Waals surface area contributed by atoms with E-state index >= 15 is 0 Å². The lowest BCUT2D eigenvalue weighted by atomic mass is 10.1. The largest absolute Gasteiger partial charge is 0.497 e. The third-order valence-corrected chi connectivity index (χ3v) is 5.26. The van der Waals surface area contributed by atoms with E-state index in [-0.39, 0.29) is 11.6 Å². The summed E-state index contributed by atoms with van der Waals surface area (Å²) in [6.45, 7) is 4.18. The van der Waals surface area contributed by atoms with Crippen LogP contribution in [-0.2, 0) is 0 Å². The summed E-state index contributed by atoms with van der Waals surface area (Å²) in [6.07, 6.45) is 0. The van der Waals surface area contributed by atoms with Gasteiger partial charge in [-0.05, 0) is 36.8 Å². The molecule has 0 radical (unpaired) electrons. The minimum Gasteiger partial charge on any atom is -0.497 e. The molecule has 4 rings (SSSR count). The molecule has 1 aliphatic heterocycles. The molecule has 7 heteroatoms. The van der Waals surface area contributed by atoms with Crippen molar-refractivity contribution in [2.24, 2.45) is 0 Å². The van der Waals surface area contributed by atoms with E-state index in [1.165, 1.54) is 0 Å². The lowest BCUT2D eigenvalue weighted by Crippen LogP contribution is -2.49. The highest BCUT2D eigenvalue weighted by molar-refractivity contribution is 5.95. The predicted octanol–water partition coefficient (Wildman–Crippen LogP) is 3.49. The molecule has 0 unspecified atom stereocenters. The van der Waals surface area contributed by atoms with Crippen LogP contribution in [0.25, 0.3) is 11.5 Å². The van der Waals surface area contributed by atoms with Crippen LogP contribution in [0.5, 0.6) is 5.75 Å². The van der Waals surface area contributed by atoms with Gasteiger partial charge in [0, 0.05) is 37.3 Å². The van der Waals surface area contributed by atoms with Crippen LogP contribution in [0.1, 0.15) is 21.6 Å². The molecule has 7 nitrogen and oxygen atoms in total. The number of ether oxygens (including phenoxy) is 1. The average Bonchev–Trinajstić information content (AvgIpc) is 3.24. The van der Waals surface area contributed by atoms with Crippen molar-refractivity contribution in [3.8, 4) is 23.3 Å². The summed E-state index contributed by atoms with van der Waals surface area (Å²) < 4.78 is 11.2. The van der Waals surface area contributed by atoms with Crippen molar-refractivity contribution < 1.29 is 13.9 Å². The van der Waals surface area contributed by atoms with Crippen LogP contribution in [0.15, 0.2) is 52.9 Å². The van der Waals surface area contributed by atoms with Gasteiger partial charge in [-0.3, -0.25) is 4.79 Å². The van der Waals surface area contributed by atoms with Crippen molar-refractivity contribution in [1.29, 1.82) is 5.26 Å². The quantitative estimate of drug-likeness (QED) is 0.664. The number of carbonyl (C=O) groups excluding carboxylic acids is 1. The second kappa shape index (κ2) is 8.29. The number of hydrogen-bond acceptors (Lipinski definition) is 6. The fourth-order valence-corrected chi connectivity index (χ4v) is 3.57. The topological polar surface area (TPSA) is 82.6 Å².